The number of rotatable bonds is 7. The predicted octanol–water partition coefficient (Wildman–Crippen LogP) is 4.19. The molecule has 2 aliphatic rings. The zero-order valence-electron chi connectivity index (χ0n) is 19.2. The number of hydrogen-bond acceptors (Lipinski definition) is 5. The second-order valence-corrected chi connectivity index (χ2v) is 8.73. The van der Waals surface area contributed by atoms with Crippen molar-refractivity contribution in [3.8, 4) is 17.6 Å². The molecule has 1 aromatic carbocycles. The second kappa shape index (κ2) is 9.66. The van der Waals surface area contributed by atoms with Crippen LogP contribution in [0.1, 0.15) is 55.5 Å². The number of benzene rings is 1. The first-order valence-corrected chi connectivity index (χ1v) is 11.5. The summed E-state index contributed by atoms with van der Waals surface area (Å²) in [5.41, 5.74) is 2.60. The summed E-state index contributed by atoms with van der Waals surface area (Å²) in [4.78, 5) is 15.1. The van der Waals surface area contributed by atoms with Crippen molar-refractivity contribution in [2.24, 2.45) is 0 Å². The van der Waals surface area contributed by atoms with Crippen molar-refractivity contribution in [1.29, 1.82) is 5.26 Å². The molecule has 2 aromatic rings. The third-order valence-corrected chi connectivity index (χ3v) is 6.66. The average Bonchev–Trinajstić information content (AvgIpc) is 3.40. The molecule has 1 fully saturated rings. The monoisotopic (exact) mass is 436 g/mol. The number of nitriles is 1. The minimum atomic E-state index is -0.140. The second-order valence-electron chi connectivity index (χ2n) is 8.73. The highest BCUT2D eigenvalue weighted by Gasteiger charge is 2.28. The van der Waals surface area contributed by atoms with Crippen molar-refractivity contribution in [2.75, 3.05) is 31.6 Å². The number of amides is 1. The SMILES string of the molecule is CCN(CC(=O)Nc1c(C#N)c(C)c(C)n1C1CCCC1)C[C@H]1COc2ccccc2O1. The lowest BCUT2D eigenvalue weighted by atomic mass is 10.2. The van der Waals surface area contributed by atoms with Crippen LogP contribution in [0.3, 0.4) is 0 Å². The molecule has 1 atom stereocenters. The number of fused-ring (bicyclic) bond motifs is 1. The number of anilines is 1. The Balaban J connectivity index is 1.44. The molecule has 170 valence electrons. The lowest BCUT2D eigenvalue weighted by Crippen LogP contribution is -2.43. The summed E-state index contributed by atoms with van der Waals surface area (Å²) in [6, 6.07) is 10.3. The van der Waals surface area contributed by atoms with E-state index in [4.69, 9.17) is 9.47 Å². The van der Waals surface area contributed by atoms with Crippen molar-refractivity contribution in [3.05, 3.63) is 41.1 Å². The molecule has 32 heavy (non-hydrogen) atoms. The normalized spacial score (nSPS) is 18.0. The smallest absolute Gasteiger partial charge is 0.239 e. The molecule has 1 amide bonds. The standard InChI is InChI=1S/C25H32N4O3/c1-4-28(14-20-16-31-22-11-7-8-12-23(22)32-20)15-24(30)27-25-21(13-26)17(2)18(3)29(25)19-9-5-6-10-19/h7-8,11-12,19-20H,4-6,9-10,14-16H2,1-3H3,(H,27,30)/t20-/m0/s1. The van der Waals surface area contributed by atoms with Gasteiger partial charge in [0.1, 0.15) is 24.6 Å². The average molecular weight is 437 g/mol. The van der Waals surface area contributed by atoms with Gasteiger partial charge in [-0.2, -0.15) is 5.26 Å². The molecular formula is C25H32N4O3. The van der Waals surface area contributed by atoms with Gasteiger partial charge in [0.25, 0.3) is 0 Å². The molecule has 0 radical (unpaired) electrons. The lowest BCUT2D eigenvalue weighted by molar-refractivity contribution is -0.117. The summed E-state index contributed by atoms with van der Waals surface area (Å²) in [7, 11) is 0. The summed E-state index contributed by atoms with van der Waals surface area (Å²) in [6.07, 6.45) is 4.41. The van der Waals surface area contributed by atoms with E-state index in [1.165, 1.54) is 12.8 Å². The van der Waals surface area contributed by atoms with Crippen LogP contribution in [0.25, 0.3) is 0 Å². The van der Waals surface area contributed by atoms with Crippen LogP contribution >= 0.6 is 0 Å². The Morgan fingerprint density at radius 1 is 1.25 bits per heavy atom. The maximum absolute atomic E-state index is 13.0. The Kier molecular flexibility index (Phi) is 6.71. The molecule has 4 rings (SSSR count). The van der Waals surface area contributed by atoms with Crippen LogP contribution in [0.15, 0.2) is 24.3 Å². The van der Waals surface area contributed by atoms with Crippen LogP contribution < -0.4 is 14.8 Å². The highest BCUT2D eigenvalue weighted by Crippen LogP contribution is 2.37. The molecule has 1 aliphatic carbocycles. The predicted molar refractivity (Wildman–Crippen MR) is 123 cm³/mol. The van der Waals surface area contributed by atoms with Crippen LogP contribution in [0.5, 0.6) is 11.5 Å². The van der Waals surface area contributed by atoms with Gasteiger partial charge in [0.2, 0.25) is 5.91 Å². The van der Waals surface area contributed by atoms with Crippen LogP contribution in [0.2, 0.25) is 0 Å². The molecule has 0 spiro atoms. The minimum Gasteiger partial charge on any atom is -0.486 e. The highest BCUT2D eigenvalue weighted by molar-refractivity contribution is 5.93. The van der Waals surface area contributed by atoms with Crippen molar-refractivity contribution in [2.45, 2.75) is 58.6 Å². The number of aromatic nitrogens is 1. The molecule has 1 N–H and O–H groups in total. The van der Waals surface area contributed by atoms with Crippen molar-refractivity contribution >= 4 is 11.7 Å². The van der Waals surface area contributed by atoms with Crippen LogP contribution in [0, 0.1) is 25.2 Å². The van der Waals surface area contributed by atoms with Crippen LogP contribution in [-0.4, -0.2) is 47.7 Å². The van der Waals surface area contributed by atoms with Gasteiger partial charge in [0.05, 0.1) is 12.1 Å². The molecular weight excluding hydrogens is 404 g/mol. The molecule has 1 saturated carbocycles. The van der Waals surface area contributed by atoms with Gasteiger partial charge in [-0.15, -0.1) is 0 Å². The number of nitrogens with one attached hydrogen (secondary N) is 1. The van der Waals surface area contributed by atoms with Crippen LogP contribution in [0.4, 0.5) is 5.82 Å². The van der Waals surface area contributed by atoms with Crippen LogP contribution in [-0.2, 0) is 4.79 Å². The Morgan fingerprint density at radius 2 is 1.97 bits per heavy atom. The molecule has 0 unspecified atom stereocenters. The van der Waals surface area contributed by atoms with Gasteiger partial charge in [-0.1, -0.05) is 31.9 Å². The quantitative estimate of drug-likeness (QED) is 0.704. The van der Waals surface area contributed by atoms with E-state index in [1.807, 2.05) is 49.9 Å². The Morgan fingerprint density at radius 3 is 2.66 bits per heavy atom. The van der Waals surface area contributed by atoms with E-state index in [9.17, 15) is 10.1 Å². The third kappa shape index (κ3) is 4.46. The van der Waals surface area contributed by atoms with E-state index in [-0.39, 0.29) is 18.6 Å². The number of likely N-dealkylation sites (N-methyl/N-ethyl adjacent to an activating group) is 1. The number of carbonyl (C=O) groups is 1. The molecule has 1 aliphatic heterocycles. The first-order valence-electron chi connectivity index (χ1n) is 11.5. The molecule has 7 heteroatoms. The number of para-hydroxylation sites is 2. The van der Waals surface area contributed by atoms with Gasteiger partial charge in [-0.25, -0.2) is 0 Å². The maximum atomic E-state index is 13.0. The fraction of sp³-hybridized carbons (Fsp3) is 0.520. The summed E-state index contributed by atoms with van der Waals surface area (Å²) >= 11 is 0. The van der Waals surface area contributed by atoms with E-state index in [0.717, 1.165) is 35.6 Å². The zero-order valence-corrected chi connectivity index (χ0v) is 19.2. The first kappa shape index (κ1) is 22.2. The van der Waals surface area contributed by atoms with E-state index in [1.54, 1.807) is 0 Å². The number of hydrogen-bond donors (Lipinski definition) is 1. The Labute approximate surface area is 189 Å². The van der Waals surface area contributed by atoms with Gasteiger partial charge < -0.3 is 19.4 Å². The van der Waals surface area contributed by atoms with Crippen molar-refractivity contribution in [1.82, 2.24) is 9.47 Å². The first-order chi connectivity index (χ1) is 15.5. The van der Waals surface area contributed by atoms with Gasteiger partial charge in [0.15, 0.2) is 11.5 Å². The lowest BCUT2D eigenvalue weighted by Gasteiger charge is -2.30. The number of carbonyl (C=O) groups excluding carboxylic acids is 1. The van der Waals surface area contributed by atoms with Crippen molar-refractivity contribution < 1.29 is 14.3 Å². The highest BCUT2D eigenvalue weighted by atomic mass is 16.6. The number of nitrogens with zero attached hydrogens (tertiary/aromatic N) is 3. The van der Waals surface area contributed by atoms with Gasteiger partial charge in [-0.3, -0.25) is 9.69 Å². The van der Waals surface area contributed by atoms with E-state index >= 15 is 0 Å². The van der Waals surface area contributed by atoms with Gasteiger partial charge in [-0.05, 0) is 50.9 Å². The molecule has 1 aromatic heterocycles. The van der Waals surface area contributed by atoms with E-state index < -0.39 is 0 Å². The topological polar surface area (TPSA) is 79.5 Å². The molecule has 2 heterocycles. The van der Waals surface area contributed by atoms with Gasteiger partial charge in [0, 0.05) is 18.3 Å². The van der Waals surface area contributed by atoms with E-state index in [2.05, 4.69) is 16.0 Å². The summed E-state index contributed by atoms with van der Waals surface area (Å²) < 4.78 is 14.1. The fourth-order valence-corrected chi connectivity index (χ4v) is 4.83. The molecule has 0 bridgehead atoms. The van der Waals surface area contributed by atoms with Gasteiger partial charge >= 0.3 is 0 Å². The zero-order chi connectivity index (χ0) is 22.7. The number of ether oxygens (including phenoxy) is 2. The summed E-state index contributed by atoms with van der Waals surface area (Å²) in [6.45, 7) is 8.02. The van der Waals surface area contributed by atoms with E-state index in [0.29, 0.717) is 37.1 Å². The minimum absolute atomic E-state index is 0.114. The molecule has 7 nitrogen and oxygen atoms in total. The maximum Gasteiger partial charge on any atom is 0.239 e. The Bertz CT molecular complexity index is 1020. The Hall–Kier alpha value is -2.98. The molecule has 0 saturated heterocycles. The fourth-order valence-electron chi connectivity index (χ4n) is 4.83. The summed E-state index contributed by atoms with van der Waals surface area (Å²) in [5, 5.41) is 12.8. The third-order valence-electron chi connectivity index (χ3n) is 6.66. The van der Waals surface area contributed by atoms with Crippen molar-refractivity contribution in [3.63, 3.8) is 0 Å². The largest absolute Gasteiger partial charge is 0.486 e. The summed E-state index contributed by atoms with van der Waals surface area (Å²) in [5.74, 6) is 2.04.